The van der Waals surface area contributed by atoms with Gasteiger partial charge in [-0.15, -0.1) is 0 Å². The van der Waals surface area contributed by atoms with Crippen molar-refractivity contribution < 1.29 is 4.79 Å². The summed E-state index contributed by atoms with van der Waals surface area (Å²) >= 11 is 0. The lowest BCUT2D eigenvalue weighted by Gasteiger charge is -2.33. The molecule has 1 aromatic heterocycles. The number of ketones is 1. The van der Waals surface area contributed by atoms with E-state index in [1.807, 2.05) is 18.5 Å². The van der Waals surface area contributed by atoms with Crippen molar-refractivity contribution in [3.63, 3.8) is 0 Å². The maximum Gasteiger partial charge on any atom is 0.136 e. The molecule has 3 nitrogen and oxygen atoms in total. The van der Waals surface area contributed by atoms with Gasteiger partial charge in [-0.1, -0.05) is 6.07 Å². The molecule has 17 heavy (non-hydrogen) atoms. The van der Waals surface area contributed by atoms with Gasteiger partial charge in [-0.3, -0.25) is 14.7 Å². The quantitative estimate of drug-likeness (QED) is 0.794. The largest absolute Gasteiger partial charge is 0.300 e. The first-order chi connectivity index (χ1) is 8.33. The Bertz CT molecular complexity index is 388. The van der Waals surface area contributed by atoms with E-state index >= 15 is 0 Å². The summed E-state index contributed by atoms with van der Waals surface area (Å²) in [6.45, 7) is 1.08. The molecule has 3 heterocycles. The minimum absolute atomic E-state index is 0.468. The standard InChI is InChI=1S/C14H18N2O/c17-14-8-12-3-4-13(9-14)16(12)7-5-11-2-1-6-15-10-11/h1-2,6,10,12-13H,3-5,7-9H2. The Balaban J connectivity index is 1.61. The summed E-state index contributed by atoms with van der Waals surface area (Å²) in [6.07, 6.45) is 8.79. The molecule has 2 atom stereocenters. The van der Waals surface area contributed by atoms with Crippen molar-refractivity contribution in [1.82, 2.24) is 9.88 Å². The molecule has 2 aliphatic heterocycles. The summed E-state index contributed by atoms with van der Waals surface area (Å²) < 4.78 is 0. The van der Waals surface area contributed by atoms with Crippen molar-refractivity contribution in [3.05, 3.63) is 30.1 Å². The number of rotatable bonds is 3. The highest BCUT2D eigenvalue weighted by molar-refractivity contribution is 5.80. The predicted octanol–water partition coefficient (Wildman–Crippen LogP) is 1.82. The average molecular weight is 230 g/mol. The van der Waals surface area contributed by atoms with E-state index < -0.39 is 0 Å². The molecule has 0 N–H and O–H groups in total. The maximum absolute atomic E-state index is 11.5. The molecule has 2 unspecified atom stereocenters. The first-order valence-corrected chi connectivity index (χ1v) is 6.49. The summed E-state index contributed by atoms with van der Waals surface area (Å²) in [5.74, 6) is 0.468. The number of Topliss-reactive ketones (excluding diaryl/α,β-unsaturated/α-hetero) is 1. The van der Waals surface area contributed by atoms with Crippen molar-refractivity contribution in [2.75, 3.05) is 6.54 Å². The zero-order valence-electron chi connectivity index (χ0n) is 10.0. The van der Waals surface area contributed by atoms with Crippen LogP contribution in [0.4, 0.5) is 0 Å². The molecule has 0 spiro atoms. The molecule has 3 rings (SSSR count). The second kappa shape index (κ2) is 4.57. The van der Waals surface area contributed by atoms with Crippen LogP contribution in [-0.2, 0) is 11.2 Å². The highest BCUT2D eigenvalue weighted by Gasteiger charge is 2.39. The van der Waals surface area contributed by atoms with Gasteiger partial charge in [0.25, 0.3) is 0 Å². The summed E-state index contributed by atoms with van der Waals surface area (Å²) in [5, 5.41) is 0. The van der Waals surface area contributed by atoms with Crippen LogP contribution in [0.2, 0.25) is 0 Å². The van der Waals surface area contributed by atoms with Crippen molar-refractivity contribution >= 4 is 5.78 Å². The number of hydrogen-bond acceptors (Lipinski definition) is 3. The lowest BCUT2D eigenvalue weighted by Crippen LogP contribution is -2.44. The second-order valence-corrected chi connectivity index (χ2v) is 5.18. The predicted molar refractivity (Wildman–Crippen MR) is 65.7 cm³/mol. The molecular formula is C14H18N2O. The molecular weight excluding hydrogens is 212 g/mol. The zero-order chi connectivity index (χ0) is 11.7. The van der Waals surface area contributed by atoms with E-state index in [9.17, 15) is 4.79 Å². The number of nitrogens with zero attached hydrogens (tertiary/aromatic N) is 2. The van der Waals surface area contributed by atoms with Crippen LogP contribution in [-0.4, -0.2) is 34.3 Å². The van der Waals surface area contributed by atoms with Crippen LogP contribution in [0, 0.1) is 0 Å². The third kappa shape index (κ3) is 2.25. The Labute approximate surface area is 102 Å². The van der Waals surface area contributed by atoms with Gasteiger partial charge in [0.05, 0.1) is 0 Å². The second-order valence-electron chi connectivity index (χ2n) is 5.18. The van der Waals surface area contributed by atoms with Gasteiger partial charge in [-0.25, -0.2) is 0 Å². The fourth-order valence-corrected chi connectivity index (χ4v) is 3.23. The van der Waals surface area contributed by atoms with E-state index in [4.69, 9.17) is 0 Å². The maximum atomic E-state index is 11.5. The van der Waals surface area contributed by atoms with Gasteiger partial charge in [0, 0.05) is 43.9 Å². The molecule has 2 saturated heterocycles. The summed E-state index contributed by atoms with van der Waals surface area (Å²) in [4.78, 5) is 18.2. The van der Waals surface area contributed by atoms with E-state index in [0.717, 1.165) is 25.8 Å². The van der Waals surface area contributed by atoms with Crippen molar-refractivity contribution in [2.24, 2.45) is 0 Å². The normalized spacial score (nSPS) is 28.6. The lowest BCUT2D eigenvalue weighted by molar-refractivity contribution is -0.123. The van der Waals surface area contributed by atoms with E-state index in [1.54, 1.807) is 0 Å². The van der Waals surface area contributed by atoms with E-state index in [1.165, 1.54) is 18.4 Å². The Morgan fingerprint density at radius 3 is 2.71 bits per heavy atom. The summed E-state index contributed by atoms with van der Waals surface area (Å²) in [7, 11) is 0. The van der Waals surface area contributed by atoms with Crippen molar-refractivity contribution in [3.8, 4) is 0 Å². The fourth-order valence-electron chi connectivity index (χ4n) is 3.23. The first kappa shape index (κ1) is 10.9. The van der Waals surface area contributed by atoms with Crippen LogP contribution in [0.5, 0.6) is 0 Å². The molecule has 1 aromatic rings. The molecule has 0 aliphatic carbocycles. The van der Waals surface area contributed by atoms with Crippen molar-refractivity contribution in [2.45, 2.75) is 44.2 Å². The zero-order valence-corrected chi connectivity index (χ0v) is 10.0. The van der Waals surface area contributed by atoms with Gasteiger partial charge in [0.15, 0.2) is 0 Å². The fraction of sp³-hybridized carbons (Fsp3) is 0.571. The Morgan fingerprint density at radius 1 is 1.29 bits per heavy atom. The molecule has 0 aromatic carbocycles. The summed E-state index contributed by atoms with van der Waals surface area (Å²) in [6, 6.07) is 5.17. The molecule has 0 amide bonds. The van der Waals surface area contributed by atoms with Crippen LogP contribution in [0.1, 0.15) is 31.2 Å². The highest BCUT2D eigenvalue weighted by Crippen LogP contribution is 2.33. The number of hydrogen-bond donors (Lipinski definition) is 0. The molecule has 0 radical (unpaired) electrons. The number of fused-ring (bicyclic) bond motifs is 2. The number of piperidine rings is 1. The third-order valence-electron chi connectivity index (χ3n) is 4.08. The van der Waals surface area contributed by atoms with Crippen LogP contribution in [0.15, 0.2) is 24.5 Å². The third-order valence-corrected chi connectivity index (χ3v) is 4.08. The van der Waals surface area contributed by atoms with Crippen LogP contribution >= 0.6 is 0 Å². The lowest BCUT2D eigenvalue weighted by atomic mass is 10.0. The Hall–Kier alpha value is -1.22. The van der Waals surface area contributed by atoms with Gasteiger partial charge < -0.3 is 0 Å². The highest BCUT2D eigenvalue weighted by atomic mass is 16.1. The minimum Gasteiger partial charge on any atom is -0.300 e. The SMILES string of the molecule is O=C1CC2CCC(C1)N2CCc1cccnc1. The van der Waals surface area contributed by atoms with Gasteiger partial charge >= 0.3 is 0 Å². The summed E-state index contributed by atoms with van der Waals surface area (Å²) in [5.41, 5.74) is 1.30. The minimum atomic E-state index is 0.468. The monoisotopic (exact) mass is 230 g/mol. The number of aromatic nitrogens is 1. The smallest absolute Gasteiger partial charge is 0.136 e. The molecule has 2 fully saturated rings. The van der Waals surface area contributed by atoms with Crippen LogP contribution in [0.25, 0.3) is 0 Å². The number of carbonyl (C=O) groups excluding carboxylic acids is 1. The first-order valence-electron chi connectivity index (χ1n) is 6.49. The molecule has 2 aliphatic rings. The van der Waals surface area contributed by atoms with Crippen LogP contribution < -0.4 is 0 Å². The molecule has 90 valence electrons. The number of carbonyl (C=O) groups is 1. The topological polar surface area (TPSA) is 33.2 Å². The molecule has 2 bridgehead atoms. The van der Waals surface area contributed by atoms with E-state index in [-0.39, 0.29) is 0 Å². The van der Waals surface area contributed by atoms with Gasteiger partial charge in [-0.05, 0) is 30.9 Å². The van der Waals surface area contributed by atoms with Gasteiger partial charge in [0.1, 0.15) is 5.78 Å². The van der Waals surface area contributed by atoms with Crippen molar-refractivity contribution in [1.29, 1.82) is 0 Å². The molecule has 0 saturated carbocycles. The van der Waals surface area contributed by atoms with Gasteiger partial charge in [-0.2, -0.15) is 0 Å². The van der Waals surface area contributed by atoms with E-state index in [0.29, 0.717) is 17.9 Å². The number of pyridine rings is 1. The Morgan fingerprint density at radius 2 is 2.06 bits per heavy atom. The Kier molecular flexibility index (Phi) is 2.93. The van der Waals surface area contributed by atoms with Crippen LogP contribution in [0.3, 0.4) is 0 Å². The average Bonchev–Trinajstić information content (AvgIpc) is 2.59. The molecule has 3 heteroatoms. The van der Waals surface area contributed by atoms with E-state index in [2.05, 4.69) is 16.0 Å². The van der Waals surface area contributed by atoms with Gasteiger partial charge in [0.2, 0.25) is 0 Å².